The van der Waals surface area contributed by atoms with Gasteiger partial charge in [0.1, 0.15) is 11.6 Å². The Kier molecular flexibility index (Phi) is 3.78. The minimum absolute atomic E-state index is 0.355. The fourth-order valence-electron chi connectivity index (χ4n) is 1.58. The molecule has 0 aliphatic heterocycles. The van der Waals surface area contributed by atoms with Gasteiger partial charge in [-0.25, -0.2) is 13.8 Å². The molecular weight excluding hydrogens is 244 g/mol. The number of hydrogen-bond donors (Lipinski definition) is 2. The SMILES string of the molecule is NNC(Cc1nccs1)c1cc(F)cc(F)c1. The van der Waals surface area contributed by atoms with E-state index in [0.717, 1.165) is 11.1 Å². The third kappa shape index (κ3) is 3.06. The molecule has 0 bridgehead atoms. The third-order valence-corrected chi connectivity index (χ3v) is 3.15. The molecular formula is C11H11F2N3S. The summed E-state index contributed by atoms with van der Waals surface area (Å²) >= 11 is 1.48. The summed E-state index contributed by atoms with van der Waals surface area (Å²) in [6.45, 7) is 0. The number of halogens is 2. The van der Waals surface area contributed by atoms with Crippen molar-refractivity contribution < 1.29 is 8.78 Å². The van der Waals surface area contributed by atoms with E-state index in [1.54, 1.807) is 6.20 Å². The summed E-state index contributed by atoms with van der Waals surface area (Å²) in [4.78, 5) is 4.11. The van der Waals surface area contributed by atoms with Crippen molar-refractivity contribution in [1.29, 1.82) is 0 Å². The zero-order chi connectivity index (χ0) is 12.3. The molecule has 0 radical (unpaired) electrons. The Morgan fingerprint density at radius 1 is 1.29 bits per heavy atom. The second-order valence-electron chi connectivity index (χ2n) is 3.55. The van der Waals surface area contributed by atoms with Gasteiger partial charge in [0.25, 0.3) is 0 Å². The van der Waals surface area contributed by atoms with E-state index in [1.807, 2.05) is 5.38 Å². The van der Waals surface area contributed by atoms with Crippen LogP contribution in [0.15, 0.2) is 29.8 Å². The van der Waals surface area contributed by atoms with Crippen LogP contribution in [-0.2, 0) is 6.42 Å². The summed E-state index contributed by atoms with van der Waals surface area (Å²) in [6, 6.07) is 3.01. The molecule has 1 aromatic heterocycles. The lowest BCUT2D eigenvalue weighted by Gasteiger charge is -2.15. The topological polar surface area (TPSA) is 50.9 Å². The van der Waals surface area contributed by atoms with Crippen molar-refractivity contribution in [3.05, 3.63) is 52.0 Å². The summed E-state index contributed by atoms with van der Waals surface area (Å²) in [6.07, 6.45) is 2.18. The molecule has 3 N–H and O–H groups in total. The molecule has 17 heavy (non-hydrogen) atoms. The van der Waals surface area contributed by atoms with Gasteiger partial charge < -0.3 is 0 Å². The van der Waals surface area contributed by atoms with Gasteiger partial charge in [0.15, 0.2) is 0 Å². The molecule has 1 unspecified atom stereocenters. The van der Waals surface area contributed by atoms with Crippen molar-refractivity contribution in [3.8, 4) is 0 Å². The molecule has 0 spiro atoms. The summed E-state index contributed by atoms with van der Waals surface area (Å²) in [5.74, 6) is 4.18. The molecule has 1 atom stereocenters. The van der Waals surface area contributed by atoms with Gasteiger partial charge in [-0.15, -0.1) is 11.3 Å². The summed E-state index contributed by atoms with van der Waals surface area (Å²) in [5, 5.41) is 2.70. The van der Waals surface area contributed by atoms with Crippen LogP contribution in [0.3, 0.4) is 0 Å². The molecule has 0 aliphatic carbocycles. The molecule has 0 saturated heterocycles. The van der Waals surface area contributed by atoms with E-state index in [4.69, 9.17) is 5.84 Å². The zero-order valence-electron chi connectivity index (χ0n) is 8.86. The maximum Gasteiger partial charge on any atom is 0.126 e. The van der Waals surface area contributed by atoms with Crippen molar-refractivity contribution in [2.24, 2.45) is 5.84 Å². The molecule has 0 fully saturated rings. The van der Waals surface area contributed by atoms with E-state index < -0.39 is 11.6 Å². The van der Waals surface area contributed by atoms with Crippen LogP contribution in [0.1, 0.15) is 16.6 Å². The highest BCUT2D eigenvalue weighted by molar-refractivity contribution is 7.09. The van der Waals surface area contributed by atoms with Gasteiger partial charge in [-0.1, -0.05) is 0 Å². The zero-order valence-corrected chi connectivity index (χ0v) is 9.68. The standard InChI is InChI=1S/C11H11F2N3S/c12-8-3-7(4-9(13)5-8)10(16-14)6-11-15-1-2-17-11/h1-5,10,16H,6,14H2. The Hall–Kier alpha value is -1.37. The van der Waals surface area contributed by atoms with Gasteiger partial charge in [-0.2, -0.15) is 0 Å². The van der Waals surface area contributed by atoms with E-state index in [2.05, 4.69) is 10.4 Å². The van der Waals surface area contributed by atoms with Gasteiger partial charge in [0.05, 0.1) is 11.0 Å². The first-order valence-electron chi connectivity index (χ1n) is 4.99. The molecule has 90 valence electrons. The summed E-state index contributed by atoms with van der Waals surface area (Å²) in [5.41, 5.74) is 3.02. The Bertz CT molecular complexity index is 467. The van der Waals surface area contributed by atoms with Crippen LogP contribution < -0.4 is 11.3 Å². The minimum atomic E-state index is -0.612. The quantitative estimate of drug-likeness (QED) is 0.650. The van der Waals surface area contributed by atoms with Crippen molar-refractivity contribution in [2.75, 3.05) is 0 Å². The molecule has 2 aromatic rings. The second-order valence-corrected chi connectivity index (χ2v) is 4.53. The van der Waals surface area contributed by atoms with Crippen LogP contribution in [-0.4, -0.2) is 4.98 Å². The second kappa shape index (κ2) is 5.31. The number of benzene rings is 1. The fourth-order valence-corrected chi connectivity index (χ4v) is 2.24. The van der Waals surface area contributed by atoms with Crippen molar-refractivity contribution in [1.82, 2.24) is 10.4 Å². The number of aromatic nitrogens is 1. The highest BCUT2D eigenvalue weighted by Gasteiger charge is 2.14. The smallest absolute Gasteiger partial charge is 0.126 e. The van der Waals surface area contributed by atoms with Gasteiger partial charge in [0, 0.05) is 24.1 Å². The van der Waals surface area contributed by atoms with Gasteiger partial charge in [0.2, 0.25) is 0 Å². The van der Waals surface area contributed by atoms with Crippen LogP contribution in [0.2, 0.25) is 0 Å². The van der Waals surface area contributed by atoms with E-state index >= 15 is 0 Å². The Morgan fingerprint density at radius 3 is 2.53 bits per heavy atom. The van der Waals surface area contributed by atoms with E-state index in [0.29, 0.717) is 12.0 Å². The van der Waals surface area contributed by atoms with Crippen LogP contribution in [0.25, 0.3) is 0 Å². The lowest BCUT2D eigenvalue weighted by atomic mass is 10.0. The number of thiazole rings is 1. The Balaban J connectivity index is 2.22. The first-order chi connectivity index (χ1) is 8.19. The third-order valence-electron chi connectivity index (χ3n) is 2.35. The highest BCUT2D eigenvalue weighted by atomic mass is 32.1. The lowest BCUT2D eigenvalue weighted by Crippen LogP contribution is -2.29. The molecule has 6 heteroatoms. The predicted octanol–water partition coefficient (Wildman–Crippen LogP) is 2.17. The molecule has 3 nitrogen and oxygen atoms in total. The molecule has 0 amide bonds. The average molecular weight is 255 g/mol. The van der Waals surface area contributed by atoms with Crippen molar-refractivity contribution in [2.45, 2.75) is 12.5 Å². The van der Waals surface area contributed by atoms with Crippen LogP contribution in [0.4, 0.5) is 8.78 Å². The number of rotatable bonds is 4. The summed E-state index contributed by atoms with van der Waals surface area (Å²) in [7, 11) is 0. The fraction of sp³-hybridized carbons (Fsp3) is 0.182. The molecule has 0 saturated carbocycles. The number of nitrogens with one attached hydrogen (secondary N) is 1. The van der Waals surface area contributed by atoms with E-state index in [-0.39, 0.29) is 6.04 Å². The normalized spacial score (nSPS) is 12.6. The Labute approximate surface area is 101 Å². The minimum Gasteiger partial charge on any atom is -0.271 e. The largest absolute Gasteiger partial charge is 0.271 e. The van der Waals surface area contributed by atoms with Gasteiger partial charge in [-0.05, 0) is 17.7 Å². The van der Waals surface area contributed by atoms with Gasteiger partial charge in [-0.3, -0.25) is 11.3 Å². The Morgan fingerprint density at radius 2 is 2.00 bits per heavy atom. The van der Waals surface area contributed by atoms with Crippen molar-refractivity contribution >= 4 is 11.3 Å². The molecule has 1 aromatic carbocycles. The van der Waals surface area contributed by atoms with Gasteiger partial charge >= 0.3 is 0 Å². The molecule has 1 heterocycles. The number of nitrogens with zero attached hydrogens (tertiary/aromatic N) is 1. The molecule has 2 rings (SSSR count). The lowest BCUT2D eigenvalue weighted by molar-refractivity contribution is 0.529. The van der Waals surface area contributed by atoms with Crippen molar-refractivity contribution in [3.63, 3.8) is 0 Å². The number of hydrogen-bond acceptors (Lipinski definition) is 4. The maximum absolute atomic E-state index is 13.1. The maximum atomic E-state index is 13.1. The van der Waals surface area contributed by atoms with Crippen LogP contribution >= 0.6 is 11.3 Å². The predicted molar refractivity (Wildman–Crippen MR) is 62.2 cm³/mol. The first-order valence-corrected chi connectivity index (χ1v) is 5.87. The average Bonchev–Trinajstić information content (AvgIpc) is 2.77. The first kappa shape index (κ1) is 12.1. The number of hydrazine groups is 1. The van der Waals surface area contributed by atoms with E-state index in [9.17, 15) is 8.78 Å². The van der Waals surface area contributed by atoms with Crippen LogP contribution in [0, 0.1) is 11.6 Å². The number of nitrogens with two attached hydrogens (primary N) is 1. The monoisotopic (exact) mass is 255 g/mol. The van der Waals surface area contributed by atoms with E-state index in [1.165, 1.54) is 23.5 Å². The molecule has 0 aliphatic rings. The summed E-state index contributed by atoms with van der Waals surface area (Å²) < 4.78 is 26.2. The highest BCUT2D eigenvalue weighted by Crippen LogP contribution is 2.20. The van der Waals surface area contributed by atoms with Crippen LogP contribution in [0.5, 0.6) is 0 Å².